The highest BCUT2D eigenvalue weighted by Crippen LogP contribution is 2.16. The van der Waals surface area contributed by atoms with Gasteiger partial charge >= 0.3 is 0 Å². The van der Waals surface area contributed by atoms with Crippen LogP contribution in [0.5, 0.6) is 0 Å². The summed E-state index contributed by atoms with van der Waals surface area (Å²) in [6.07, 6.45) is 3.80. The lowest BCUT2D eigenvalue weighted by Crippen LogP contribution is -2.42. The van der Waals surface area contributed by atoms with Crippen molar-refractivity contribution in [2.24, 2.45) is 0 Å². The number of rotatable bonds is 3. The molecule has 88 valence electrons. The van der Waals surface area contributed by atoms with Gasteiger partial charge in [-0.25, -0.2) is 4.39 Å². The van der Waals surface area contributed by atoms with Gasteiger partial charge in [-0.1, -0.05) is 12.5 Å². The number of likely N-dealkylation sites (N-methyl/N-ethyl adjacent to an activating group) is 1. The van der Waals surface area contributed by atoms with Crippen molar-refractivity contribution >= 4 is 5.69 Å². The molecule has 0 bridgehead atoms. The van der Waals surface area contributed by atoms with Crippen LogP contribution in [0, 0.1) is 5.82 Å². The van der Waals surface area contributed by atoms with Crippen LogP contribution < -0.4 is 10.2 Å². The van der Waals surface area contributed by atoms with Gasteiger partial charge in [-0.05, 0) is 37.6 Å². The second kappa shape index (κ2) is 5.30. The largest absolute Gasteiger partial charge is 0.373 e. The molecular formula is C13H19FN2. The van der Waals surface area contributed by atoms with Crippen LogP contribution in [0.3, 0.4) is 0 Å². The van der Waals surface area contributed by atoms with Crippen molar-refractivity contribution in [1.29, 1.82) is 0 Å². The normalized spacial score (nSPS) is 20.8. The quantitative estimate of drug-likeness (QED) is 0.845. The smallest absolute Gasteiger partial charge is 0.125 e. The van der Waals surface area contributed by atoms with Crippen molar-refractivity contribution in [2.75, 3.05) is 25.0 Å². The Morgan fingerprint density at radius 1 is 1.44 bits per heavy atom. The van der Waals surface area contributed by atoms with Crippen molar-refractivity contribution in [2.45, 2.75) is 25.3 Å². The summed E-state index contributed by atoms with van der Waals surface area (Å²) in [5.74, 6) is -0.166. The van der Waals surface area contributed by atoms with Crippen molar-refractivity contribution < 1.29 is 4.39 Å². The van der Waals surface area contributed by atoms with Crippen LogP contribution in [0.15, 0.2) is 24.3 Å². The molecule has 0 aliphatic carbocycles. The zero-order chi connectivity index (χ0) is 11.4. The molecular weight excluding hydrogens is 203 g/mol. The van der Waals surface area contributed by atoms with E-state index in [9.17, 15) is 4.39 Å². The van der Waals surface area contributed by atoms with Gasteiger partial charge in [0.05, 0.1) is 0 Å². The van der Waals surface area contributed by atoms with E-state index in [1.807, 2.05) is 13.1 Å². The molecule has 0 amide bonds. The molecule has 1 aromatic carbocycles. The van der Waals surface area contributed by atoms with E-state index in [2.05, 4.69) is 10.2 Å². The predicted octanol–water partition coefficient (Wildman–Crippen LogP) is 2.40. The van der Waals surface area contributed by atoms with Crippen LogP contribution in [0.2, 0.25) is 0 Å². The molecule has 2 rings (SSSR count). The van der Waals surface area contributed by atoms with Gasteiger partial charge in [0, 0.05) is 25.3 Å². The summed E-state index contributed by atoms with van der Waals surface area (Å²) in [7, 11) is 2.02. The second-order valence-corrected chi connectivity index (χ2v) is 4.51. The molecule has 1 aliphatic rings. The molecule has 3 heteroatoms. The fourth-order valence-electron chi connectivity index (χ4n) is 2.23. The lowest BCUT2D eigenvalue weighted by atomic mass is 10.0. The standard InChI is InChI=1S/C13H19FN2/c1-16(10-12-6-2-3-8-15-12)13-7-4-5-11(14)9-13/h4-5,7,9,12,15H,2-3,6,8,10H2,1H3. The molecule has 16 heavy (non-hydrogen) atoms. The summed E-state index contributed by atoms with van der Waals surface area (Å²) in [6.45, 7) is 2.06. The summed E-state index contributed by atoms with van der Waals surface area (Å²) in [5.41, 5.74) is 0.951. The first-order valence-corrected chi connectivity index (χ1v) is 5.96. The first kappa shape index (κ1) is 11.4. The fourth-order valence-corrected chi connectivity index (χ4v) is 2.23. The van der Waals surface area contributed by atoms with E-state index < -0.39 is 0 Å². The molecule has 0 saturated carbocycles. The fraction of sp³-hybridized carbons (Fsp3) is 0.538. The first-order valence-electron chi connectivity index (χ1n) is 5.96. The van der Waals surface area contributed by atoms with Gasteiger partial charge in [0.2, 0.25) is 0 Å². The summed E-state index contributed by atoms with van der Waals surface area (Å²) >= 11 is 0. The number of halogens is 1. The average molecular weight is 222 g/mol. The van der Waals surface area contributed by atoms with Crippen LogP contribution in [-0.2, 0) is 0 Å². The van der Waals surface area contributed by atoms with E-state index >= 15 is 0 Å². The molecule has 1 aliphatic heterocycles. The molecule has 2 nitrogen and oxygen atoms in total. The maximum Gasteiger partial charge on any atom is 0.125 e. The van der Waals surface area contributed by atoms with Gasteiger partial charge in [0.25, 0.3) is 0 Å². The lowest BCUT2D eigenvalue weighted by molar-refractivity contribution is 0.403. The molecule has 1 aromatic rings. The molecule has 0 radical (unpaired) electrons. The van der Waals surface area contributed by atoms with Crippen molar-refractivity contribution in [3.05, 3.63) is 30.1 Å². The van der Waals surface area contributed by atoms with E-state index in [0.29, 0.717) is 6.04 Å². The third-order valence-electron chi connectivity index (χ3n) is 3.16. The van der Waals surface area contributed by atoms with Crippen LogP contribution in [-0.4, -0.2) is 26.2 Å². The van der Waals surface area contributed by atoms with Crippen LogP contribution in [0.25, 0.3) is 0 Å². The SMILES string of the molecule is CN(CC1CCCCN1)c1cccc(F)c1. The molecule has 1 saturated heterocycles. The Morgan fingerprint density at radius 3 is 3.00 bits per heavy atom. The van der Waals surface area contributed by atoms with Crippen molar-refractivity contribution in [3.63, 3.8) is 0 Å². The minimum Gasteiger partial charge on any atom is -0.373 e. The number of hydrogen-bond acceptors (Lipinski definition) is 2. The summed E-state index contributed by atoms with van der Waals surface area (Å²) in [5, 5.41) is 3.50. The number of hydrogen-bond donors (Lipinski definition) is 1. The Balaban J connectivity index is 1.94. The molecule has 1 fully saturated rings. The highest BCUT2D eigenvalue weighted by molar-refractivity contribution is 5.45. The van der Waals surface area contributed by atoms with Gasteiger partial charge in [0.15, 0.2) is 0 Å². The van der Waals surface area contributed by atoms with Crippen LogP contribution >= 0.6 is 0 Å². The molecule has 1 atom stereocenters. The van der Waals surface area contributed by atoms with Crippen LogP contribution in [0.4, 0.5) is 10.1 Å². The van der Waals surface area contributed by atoms with Crippen LogP contribution in [0.1, 0.15) is 19.3 Å². The zero-order valence-electron chi connectivity index (χ0n) is 9.75. The Bertz CT molecular complexity index is 334. The molecule has 0 spiro atoms. The van der Waals surface area contributed by atoms with Crippen molar-refractivity contribution in [1.82, 2.24) is 5.32 Å². The number of piperidine rings is 1. The number of benzene rings is 1. The predicted molar refractivity (Wildman–Crippen MR) is 65.3 cm³/mol. The Hall–Kier alpha value is -1.09. The average Bonchev–Trinajstić information content (AvgIpc) is 2.30. The van der Waals surface area contributed by atoms with Gasteiger partial charge in [0.1, 0.15) is 5.82 Å². The minimum atomic E-state index is -0.166. The number of nitrogens with one attached hydrogen (secondary N) is 1. The van der Waals surface area contributed by atoms with Gasteiger partial charge in [-0.3, -0.25) is 0 Å². The van der Waals surface area contributed by atoms with Gasteiger partial charge in [-0.2, -0.15) is 0 Å². The number of nitrogens with zero attached hydrogens (tertiary/aromatic N) is 1. The van der Waals surface area contributed by atoms with Gasteiger partial charge in [-0.15, -0.1) is 0 Å². The first-order chi connectivity index (χ1) is 7.75. The van der Waals surface area contributed by atoms with E-state index in [4.69, 9.17) is 0 Å². The third-order valence-corrected chi connectivity index (χ3v) is 3.16. The monoisotopic (exact) mass is 222 g/mol. The summed E-state index contributed by atoms with van der Waals surface area (Å²) < 4.78 is 13.1. The maximum atomic E-state index is 13.1. The van der Waals surface area contributed by atoms with E-state index in [-0.39, 0.29) is 5.82 Å². The van der Waals surface area contributed by atoms with E-state index in [0.717, 1.165) is 18.8 Å². The Morgan fingerprint density at radius 2 is 2.31 bits per heavy atom. The summed E-state index contributed by atoms with van der Waals surface area (Å²) in [6, 6.07) is 7.32. The second-order valence-electron chi connectivity index (χ2n) is 4.51. The summed E-state index contributed by atoms with van der Waals surface area (Å²) in [4.78, 5) is 2.12. The zero-order valence-corrected chi connectivity index (χ0v) is 9.75. The lowest BCUT2D eigenvalue weighted by Gasteiger charge is -2.29. The molecule has 1 N–H and O–H groups in total. The Labute approximate surface area is 96.5 Å². The van der Waals surface area contributed by atoms with E-state index in [1.54, 1.807) is 12.1 Å². The van der Waals surface area contributed by atoms with Crippen molar-refractivity contribution in [3.8, 4) is 0 Å². The highest BCUT2D eigenvalue weighted by atomic mass is 19.1. The molecule has 1 heterocycles. The minimum absolute atomic E-state index is 0.166. The topological polar surface area (TPSA) is 15.3 Å². The highest BCUT2D eigenvalue weighted by Gasteiger charge is 2.14. The third kappa shape index (κ3) is 2.95. The molecule has 0 aromatic heterocycles. The van der Waals surface area contributed by atoms with E-state index in [1.165, 1.54) is 25.3 Å². The number of anilines is 1. The Kier molecular flexibility index (Phi) is 3.78. The molecule has 1 unspecified atom stereocenters. The van der Waals surface area contributed by atoms with Gasteiger partial charge < -0.3 is 10.2 Å². The maximum absolute atomic E-state index is 13.1.